The van der Waals surface area contributed by atoms with Crippen molar-refractivity contribution in [2.24, 2.45) is 0 Å². The van der Waals surface area contributed by atoms with Gasteiger partial charge in [0.05, 0.1) is 5.56 Å². The highest BCUT2D eigenvalue weighted by Gasteiger charge is 2.14. The molecular formula is C12H13FN2. The second-order valence-corrected chi connectivity index (χ2v) is 3.80. The first kappa shape index (κ1) is 9.90. The smallest absolute Gasteiger partial charge is 0.140 e. The van der Waals surface area contributed by atoms with Gasteiger partial charge in [-0.3, -0.25) is 0 Å². The van der Waals surface area contributed by atoms with E-state index in [1.165, 1.54) is 6.07 Å². The average Bonchev–Trinajstić information content (AvgIpc) is 2.70. The van der Waals surface area contributed by atoms with Gasteiger partial charge in [0, 0.05) is 12.4 Å². The summed E-state index contributed by atoms with van der Waals surface area (Å²) in [4.78, 5) is 7.03. The minimum absolute atomic E-state index is 0.226. The van der Waals surface area contributed by atoms with Crippen LogP contribution in [0.15, 0.2) is 30.6 Å². The molecule has 0 radical (unpaired) electrons. The molecule has 0 aliphatic heterocycles. The number of rotatable bonds is 2. The molecule has 0 saturated carbocycles. The fourth-order valence-corrected chi connectivity index (χ4v) is 1.67. The van der Waals surface area contributed by atoms with Crippen molar-refractivity contribution in [2.75, 3.05) is 0 Å². The standard InChI is InChI=1S/C12H13FN2/c1-8(2)9-4-3-5-10(13)11(9)12-14-6-7-15-12/h3-8H,1-2H3,(H,14,15). The number of benzene rings is 1. The highest BCUT2D eigenvalue weighted by Crippen LogP contribution is 2.29. The van der Waals surface area contributed by atoms with Gasteiger partial charge in [-0.1, -0.05) is 26.0 Å². The molecule has 2 nitrogen and oxygen atoms in total. The number of nitrogens with one attached hydrogen (secondary N) is 1. The van der Waals surface area contributed by atoms with Crippen molar-refractivity contribution in [2.45, 2.75) is 19.8 Å². The van der Waals surface area contributed by atoms with Gasteiger partial charge in [-0.15, -0.1) is 0 Å². The van der Waals surface area contributed by atoms with Gasteiger partial charge in [0.1, 0.15) is 11.6 Å². The number of nitrogens with zero attached hydrogens (tertiary/aromatic N) is 1. The van der Waals surface area contributed by atoms with Gasteiger partial charge in [-0.25, -0.2) is 9.37 Å². The maximum atomic E-state index is 13.7. The van der Waals surface area contributed by atoms with Crippen LogP contribution in [-0.4, -0.2) is 9.97 Å². The van der Waals surface area contributed by atoms with Gasteiger partial charge < -0.3 is 4.98 Å². The summed E-state index contributed by atoms with van der Waals surface area (Å²) in [5, 5.41) is 0. The number of hydrogen-bond acceptors (Lipinski definition) is 1. The largest absolute Gasteiger partial charge is 0.345 e. The zero-order chi connectivity index (χ0) is 10.8. The second-order valence-electron chi connectivity index (χ2n) is 3.80. The summed E-state index contributed by atoms with van der Waals surface area (Å²) in [5.74, 6) is 0.647. The molecule has 2 rings (SSSR count). The van der Waals surface area contributed by atoms with E-state index >= 15 is 0 Å². The number of H-pyrrole nitrogens is 1. The molecule has 0 bridgehead atoms. The first-order chi connectivity index (χ1) is 7.20. The van der Waals surface area contributed by atoms with Crippen molar-refractivity contribution in [3.8, 4) is 11.4 Å². The van der Waals surface area contributed by atoms with E-state index in [9.17, 15) is 4.39 Å². The lowest BCUT2D eigenvalue weighted by molar-refractivity contribution is 0.626. The Morgan fingerprint density at radius 1 is 1.33 bits per heavy atom. The maximum Gasteiger partial charge on any atom is 0.140 e. The quantitative estimate of drug-likeness (QED) is 0.798. The lowest BCUT2D eigenvalue weighted by atomic mass is 9.96. The molecule has 0 spiro atoms. The number of halogens is 1. The van der Waals surface area contributed by atoms with Gasteiger partial charge in [0.25, 0.3) is 0 Å². The molecule has 0 amide bonds. The Morgan fingerprint density at radius 3 is 2.73 bits per heavy atom. The molecule has 3 heteroatoms. The molecule has 0 aliphatic rings. The van der Waals surface area contributed by atoms with E-state index in [2.05, 4.69) is 9.97 Å². The predicted octanol–water partition coefficient (Wildman–Crippen LogP) is 3.34. The fraction of sp³-hybridized carbons (Fsp3) is 0.250. The molecular weight excluding hydrogens is 191 g/mol. The molecule has 78 valence electrons. The molecule has 1 aromatic carbocycles. The fourth-order valence-electron chi connectivity index (χ4n) is 1.67. The zero-order valence-electron chi connectivity index (χ0n) is 8.79. The van der Waals surface area contributed by atoms with Gasteiger partial charge in [0.2, 0.25) is 0 Å². The third kappa shape index (κ3) is 1.77. The summed E-state index contributed by atoms with van der Waals surface area (Å²) in [6.45, 7) is 4.09. The Hall–Kier alpha value is -1.64. The summed E-state index contributed by atoms with van der Waals surface area (Å²) in [6.07, 6.45) is 3.33. The molecule has 1 aromatic heterocycles. The van der Waals surface area contributed by atoms with E-state index in [0.29, 0.717) is 11.4 Å². The van der Waals surface area contributed by atoms with Gasteiger partial charge in [-0.2, -0.15) is 0 Å². The number of aromatic amines is 1. The van der Waals surface area contributed by atoms with Crippen LogP contribution in [0.2, 0.25) is 0 Å². The summed E-state index contributed by atoms with van der Waals surface area (Å²) >= 11 is 0. The lowest BCUT2D eigenvalue weighted by Crippen LogP contribution is -1.96. The van der Waals surface area contributed by atoms with Crippen LogP contribution in [0.3, 0.4) is 0 Å². The highest BCUT2D eigenvalue weighted by atomic mass is 19.1. The van der Waals surface area contributed by atoms with Gasteiger partial charge >= 0.3 is 0 Å². The molecule has 0 unspecified atom stereocenters. The third-order valence-corrected chi connectivity index (χ3v) is 2.40. The molecule has 15 heavy (non-hydrogen) atoms. The van der Waals surface area contributed by atoms with Crippen LogP contribution >= 0.6 is 0 Å². The molecule has 0 atom stereocenters. The van der Waals surface area contributed by atoms with E-state index in [1.54, 1.807) is 18.5 Å². The van der Waals surface area contributed by atoms with Crippen molar-refractivity contribution in [1.82, 2.24) is 9.97 Å². The van der Waals surface area contributed by atoms with Crippen LogP contribution in [0.4, 0.5) is 4.39 Å². The van der Waals surface area contributed by atoms with E-state index in [1.807, 2.05) is 19.9 Å². The van der Waals surface area contributed by atoms with Gasteiger partial charge in [0.15, 0.2) is 0 Å². The summed E-state index contributed by atoms with van der Waals surface area (Å²) in [5.41, 5.74) is 1.56. The van der Waals surface area contributed by atoms with E-state index in [4.69, 9.17) is 0 Å². The Kier molecular flexibility index (Phi) is 2.54. The lowest BCUT2D eigenvalue weighted by Gasteiger charge is -2.11. The monoisotopic (exact) mass is 204 g/mol. The second kappa shape index (κ2) is 3.85. The van der Waals surface area contributed by atoms with E-state index < -0.39 is 0 Å². The first-order valence-electron chi connectivity index (χ1n) is 4.98. The summed E-state index contributed by atoms with van der Waals surface area (Å²) in [7, 11) is 0. The zero-order valence-corrected chi connectivity index (χ0v) is 8.79. The van der Waals surface area contributed by atoms with Crippen molar-refractivity contribution >= 4 is 0 Å². The third-order valence-electron chi connectivity index (χ3n) is 2.40. The van der Waals surface area contributed by atoms with Crippen molar-refractivity contribution in [3.05, 3.63) is 42.0 Å². The number of imidazole rings is 1. The van der Waals surface area contributed by atoms with Crippen molar-refractivity contribution in [3.63, 3.8) is 0 Å². The summed E-state index contributed by atoms with van der Waals surface area (Å²) in [6, 6.07) is 5.13. The van der Waals surface area contributed by atoms with Gasteiger partial charge in [-0.05, 0) is 17.5 Å². The van der Waals surface area contributed by atoms with E-state index in [-0.39, 0.29) is 11.7 Å². The minimum atomic E-state index is -0.226. The number of aromatic nitrogens is 2. The Bertz CT molecular complexity index is 447. The average molecular weight is 204 g/mol. The Labute approximate surface area is 88.2 Å². The Morgan fingerprint density at radius 2 is 2.13 bits per heavy atom. The normalized spacial score (nSPS) is 10.9. The number of hydrogen-bond donors (Lipinski definition) is 1. The molecule has 1 heterocycles. The first-order valence-corrected chi connectivity index (χ1v) is 4.98. The topological polar surface area (TPSA) is 28.7 Å². The highest BCUT2D eigenvalue weighted by molar-refractivity contribution is 5.61. The minimum Gasteiger partial charge on any atom is -0.345 e. The summed E-state index contributed by atoms with van der Waals surface area (Å²) < 4.78 is 13.7. The molecule has 0 saturated heterocycles. The van der Waals surface area contributed by atoms with E-state index in [0.717, 1.165) is 5.56 Å². The van der Waals surface area contributed by atoms with Crippen molar-refractivity contribution in [1.29, 1.82) is 0 Å². The van der Waals surface area contributed by atoms with Crippen LogP contribution in [0.1, 0.15) is 25.3 Å². The van der Waals surface area contributed by atoms with Crippen LogP contribution in [-0.2, 0) is 0 Å². The Balaban J connectivity index is 2.63. The molecule has 2 aromatic rings. The van der Waals surface area contributed by atoms with Crippen LogP contribution < -0.4 is 0 Å². The molecule has 1 N–H and O–H groups in total. The van der Waals surface area contributed by atoms with Crippen LogP contribution in [0, 0.1) is 5.82 Å². The molecule has 0 fully saturated rings. The van der Waals surface area contributed by atoms with Crippen LogP contribution in [0.25, 0.3) is 11.4 Å². The SMILES string of the molecule is CC(C)c1cccc(F)c1-c1ncc[nH]1. The maximum absolute atomic E-state index is 13.7. The molecule has 0 aliphatic carbocycles. The van der Waals surface area contributed by atoms with Crippen molar-refractivity contribution < 1.29 is 4.39 Å². The van der Waals surface area contributed by atoms with Crippen LogP contribution in [0.5, 0.6) is 0 Å². The predicted molar refractivity (Wildman–Crippen MR) is 58.1 cm³/mol.